The number of rotatable bonds is 6. The highest BCUT2D eigenvalue weighted by molar-refractivity contribution is 7.98. The number of aryl methyl sites for hydroxylation is 3. The van der Waals surface area contributed by atoms with E-state index < -0.39 is 0 Å². The van der Waals surface area contributed by atoms with Gasteiger partial charge in [-0.1, -0.05) is 30.3 Å². The third kappa shape index (κ3) is 5.59. The van der Waals surface area contributed by atoms with E-state index in [4.69, 9.17) is 0 Å². The summed E-state index contributed by atoms with van der Waals surface area (Å²) in [5.74, 6) is 0. The number of thioether (sulfide) groups is 2. The average molecular weight is 577 g/mol. The summed E-state index contributed by atoms with van der Waals surface area (Å²) in [6.07, 6.45) is 9.92. The Morgan fingerprint density at radius 2 is 1.27 bits per heavy atom. The highest BCUT2D eigenvalue weighted by Gasteiger charge is 2.15. The van der Waals surface area contributed by atoms with Gasteiger partial charge in [-0.15, -0.1) is 30.1 Å². The number of H-pyrrole nitrogens is 1. The van der Waals surface area contributed by atoms with Crippen molar-refractivity contribution in [2.75, 3.05) is 12.5 Å². The van der Waals surface area contributed by atoms with Crippen LogP contribution < -0.4 is 0 Å². The summed E-state index contributed by atoms with van der Waals surface area (Å²) in [6, 6.07) is 21.4. The van der Waals surface area contributed by atoms with Gasteiger partial charge in [-0.05, 0) is 87.7 Å². The van der Waals surface area contributed by atoms with E-state index in [0.29, 0.717) is 0 Å². The predicted octanol–water partition coefficient (Wildman–Crippen LogP) is 9.80. The van der Waals surface area contributed by atoms with Gasteiger partial charge in [0, 0.05) is 62.0 Å². The molecule has 41 heavy (non-hydrogen) atoms. The van der Waals surface area contributed by atoms with Crippen molar-refractivity contribution in [3.63, 3.8) is 0 Å². The van der Waals surface area contributed by atoms with Crippen LogP contribution in [0, 0.1) is 27.7 Å². The number of pyridine rings is 2. The van der Waals surface area contributed by atoms with Gasteiger partial charge in [0.2, 0.25) is 0 Å². The second-order valence-electron chi connectivity index (χ2n) is 10.1. The topological polar surface area (TPSA) is 46.5 Å². The first-order chi connectivity index (χ1) is 19.9. The van der Waals surface area contributed by atoms with Crippen LogP contribution in [-0.2, 0) is 6.54 Å². The molecule has 0 aliphatic carbocycles. The Hall–Kier alpha value is -3.74. The zero-order valence-electron chi connectivity index (χ0n) is 24.6. The molecule has 0 saturated heterocycles. The summed E-state index contributed by atoms with van der Waals surface area (Å²) >= 11 is 3.51. The fourth-order valence-corrected chi connectivity index (χ4v) is 6.08. The number of allylic oxidation sites excluding steroid dienone is 1. The molecular weight excluding hydrogens is 541 g/mol. The molecule has 1 N–H and O–H groups in total. The molecule has 0 atom stereocenters. The average Bonchev–Trinajstić information content (AvgIpc) is 3.45. The molecule has 2 aromatic carbocycles. The van der Waals surface area contributed by atoms with Gasteiger partial charge in [-0.25, -0.2) is 0 Å². The number of hydrogen-bond acceptors (Lipinski definition) is 4. The van der Waals surface area contributed by atoms with Crippen LogP contribution in [0.15, 0.2) is 95.5 Å². The minimum Gasteiger partial charge on any atom is -0.357 e. The van der Waals surface area contributed by atoms with Crippen molar-refractivity contribution in [2.45, 2.75) is 44.0 Å². The van der Waals surface area contributed by atoms with Crippen molar-refractivity contribution in [2.24, 2.45) is 0 Å². The quantitative estimate of drug-likeness (QED) is 0.158. The van der Waals surface area contributed by atoms with Crippen LogP contribution in [0.5, 0.6) is 0 Å². The van der Waals surface area contributed by atoms with Gasteiger partial charge < -0.3 is 9.55 Å². The Morgan fingerprint density at radius 1 is 0.732 bits per heavy atom. The van der Waals surface area contributed by atoms with E-state index in [1.165, 1.54) is 48.6 Å². The van der Waals surface area contributed by atoms with Gasteiger partial charge in [0.05, 0.1) is 22.4 Å². The second-order valence-corrected chi connectivity index (χ2v) is 11.8. The van der Waals surface area contributed by atoms with Crippen LogP contribution in [0.2, 0.25) is 0 Å². The van der Waals surface area contributed by atoms with Crippen molar-refractivity contribution < 1.29 is 0 Å². The molecule has 0 bridgehead atoms. The molecule has 0 aliphatic heterocycles. The fraction of sp³-hybridized carbons (Fsp3) is 0.200. The van der Waals surface area contributed by atoms with Gasteiger partial charge in [0.25, 0.3) is 0 Å². The van der Waals surface area contributed by atoms with Crippen LogP contribution in [0.3, 0.4) is 0 Å². The minimum atomic E-state index is 0.803. The summed E-state index contributed by atoms with van der Waals surface area (Å²) in [5.41, 5.74) is 11.8. The van der Waals surface area contributed by atoms with E-state index in [0.717, 1.165) is 34.6 Å². The first-order valence-corrected chi connectivity index (χ1v) is 16.1. The molecule has 0 aliphatic rings. The predicted molar refractivity (Wildman–Crippen MR) is 179 cm³/mol. The molecule has 4 heterocycles. The number of aromatic nitrogens is 4. The molecule has 0 amide bonds. The van der Waals surface area contributed by atoms with Crippen molar-refractivity contribution in [1.29, 1.82) is 0 Å². The maximum Gasteiger partial charge on any atom is 0.0945 e. The number of nitrogens with zero attached hydrogens (tertiary/aromatic N) is 3. The van der Waals surface area contributed by atoms with Gasteiger partial charge in [-0.3, -0.25) is 9.97 Å². The second kappa shape index (κ2) is 12.4. The standard InChI is InChI=1S/C19H20N2S.C16H16N2S/c1-5-12-21-14(3)13(2)17-10-11-20-18(19(17)21)15-6-8-16(22-4)9-7-15;1-10-11(2)18-16-14(10)8-9-17-15(16)12-4-6-13(19-3)7-5-12/h5-11H,1,12H2,2-4H3;4-9,18H,1-3H3. The van der Waals surface area contributed by atoms with Crippen LogP contribution in [0.1, 0.15) is 22.5 Å². The highest BCUT2D eigenvalue weighted by Crippen LogP contribution is 2.33. The minimum absolute atomic E-state index is 0.803. The number of fused-ring (bicyclic) bond motifs is 2. The first kappa shape index (κ1) is 28.8. The normalized spacial score (nSPS) is 11.1. The summed E-state index contributed by atoms with van der Waals surface area (Å²) in [6.45, 7) is 13.3. The lowest BCUT2D eigenvalue weighted by atomic mass is 10.1. The van der Waals surface area contributed by atoms with E-state index in [1.54, 1.807) is 23.5 Å². The largest absolute Gasteiger partial charge is 0.357 e. The van der Waals surface area contributed by atoms with Crippen molar-refractivity contribution >= 4 is 45.3 Å². The molecule has 0 radical (unpaired) electrons. The van der Waals surface area contributed by atoms with E-state index in [1.807, 2.05) is 18.5 Å². The lowest BCUT2D eigenvalue weighted by Gasteiger charge is -2.09. The Bertz CT molecular complexity index is 1830. The van der Waals surface area contributed by atoms with E-state index in [9.17, 15) is 0 Å². The van der Waals surface area contributed by atoms with Crippen LogP contribution in [0.25, 0.3) is 44.3 Å². The number of nitrogens with one attached hydrogen (secondary N) is 1. The maximum absolute atomic E-state index is 4.67. The van der Waals surface area contributed by atoms with Crippen molar-refractivity contribution in [3.05, 3.63) is 108 Å². The SMILES string of the molecule is C=CCn1c(C)c(C)c2ccnc(-c3ccc(SC)cc3)c21.CSc1ccc(-c2nccc3c(C)c(C)[nH]c23)cc1. The molecule has 0 spiro atoms. The van der Waals surface area contributed by atoms with Crippen LogP contribution >= 0.6 is 23.5 Å². The Labute approximate surface area is 251 Å². The zero-order chi connectivity index (χ0) is 29.1. The number of benzene rings is 2. The Balaban J connectivity index is 0.000000166. The van der Waals surface area contributed by atoms with Gasteiger partial charge in [0.1, 0.15) is 0 Å². The Kier molecular flexibility index (Phi) is 8.71. The molecule has 208 valence electrons. The summed E-state index contributed by atoms with van der Waals surface area (Å²) < 4.78 is 2.31. The zero-order valence-corrected chi connectivity index (χ0v) is 26.2. The van der Waals surface area contributed by atoms with E-state index >= 15 is 0 Å². The Morgan fingerprint density at radius 3 is 1.83 bits per heavy atom. The first-order valence-electron chi connectivity index (χ1n) is 13.7. The third-order valence-corrected chi connectivity index (χ3v) is 9.30. The van der Waals surface area contributed by atoms with Crippen molar-refractivity contribution in [3.8, 4) is 22.5 Å². The molecule has 6 rings (SSSR count). The van der Waals surface area contributed by atoms with Crippen LogP contribution in [-0.4, -0.2) is 32.0 Å². The third-order valence-electron chi connectivity index (χ3n) is 7.81. The number of hydrogen-bond donors (Lipinski definition) is 1. The van der Waals surface area contributed by atoms with E-state index in [2.05, 4.69) is 127 Å². The van der Waals surface area contributed by atoms with Gasteiger partial charge in [-0.2, -0.15) is 0 Å². The molecule has 4 nitrogen and oxygen atoms in total. The molecular formula is C35H36N4S2. The molecule has 6 aromatic rings. The highest BCUT2D eigenvalue weighted by atomic mass is 32.2. The fourth-order valence-electron chi connectivity index (χ4n) is 5.26. The summed E-state index contributed by atoms with van der Waals surface area (Å²) in [7, 11) is 0. The summed E-state index contributed by atoms with van der Waals surface area (Å²) in [5, 5.41) is 2.54. The summed E-state index contributed by atoms with van der Waals surface area (Å²) in [4.78, 5) is 15.2. The van der Waals surface area contributed by atoms with E-state index in [-0.39, 0.29) is 0 Å². The molecule has 0 saturated carbocycles. The molecule has 0 fully saturated rings. The maximum atomic E-state index is 4.67. The smallest absolute Gasteiger partial charge is 0.0945 e. The van der Waals surface area contributed by atoms with Crippen LogP contribution in [0.4, 0.5) is 0 Å². The molecule has 0 unspecified atom stereocenters. The number of aromatic amines is 1. The monoisotopic (exact) mass is 576 g/mol. The molecule has 4 aromatic heterocycles. The lowest BCUT2D eigenvalue weighted by molar-refractivity contribution is 0.824. The van der Waals surface area contributed by atoms with Gasteiger partial charge in [0.15, 0.2) is 0 Å². The lowest BCUT2D eigenvalue weighted by Crippen LogP contribution is -1.99. The van der Waals surface area contributed by atoms with Gasteiger partial charge >= 0.3 is 0 Å². The molecule has 6 heteroatoms. The van der Waals surface area contributed by atoms with Crippen molar-refractivity contribution in [1.82, 2.24) is 19.5 Å².